The number of nitrogens with one attached hydrogen (secondary N) is 1. The summed E-state index contributed by atoms with van der Waals surface area (Å²) in [5, 5.41) is 10.1. The largest absolute Gasteiger partial charge is 0.443 e. The third-order valence-corrected chi connectivity index (χ3v) is 7.76. The van der Waals surface area contributed by atoms with Gasteiger partial charge < -0.3 is 20.0 Å². The van der Waals surface area contributed by atoms with Crippen molar-refractivity contribution in [1.29, 1.82) is 0 Å². The molecule has 1 fully saturated rings. The van der Waals surface area contributed by atoms with Crippen molar-refractivity contribution in [3.05, 3.63) is 34.2 Å². The second-order valence-electron chi connectivity index (χ2n) is 9.51. The summed E-state index contributed by atoms with van der Waals surface area (Å²) in [6.07, 6.45) is 3.51. The van der Waals surface area contributed by atoms with Crippen LogP contribution in [0.1, 0.15) is 64.8 Å². The lowest BCUT2D eigenvalue weighted by Gasteiger charge is -2.45. The zero-order valence-electron chi connectivity index (χ0n) is 21.1. The second kappa shape index (κ2) is 12.8. The lowest BCUT2D eigenvalue weighted by atomic mass is 9.70. The standard InChI is InChI=1S/C24H35F2N3O2S.CH4O/c1-6-7-24(14-30)9-18(15(2)3)11-29(13-24)12-21-16(4)28-23(32-21)20-8-19(26)10-27-22(20)31-17(5)25;1-2/h8,10,14-15,17-18,23,28H,6-7,9,11-13H2,1-5H3;2H,1H3. The van der Waals surface area contributed by atoms with Gasteiger partial charge in [0.1, 0.15) is 17.5 Å². The minimum absolute atomic E-state index is 0.0983. The molecule has 2 aliphatic rings. The minimum atomic E-state index is -1.54. The van der Waals surface area contributed by atoms with E-state index in [1.807, 2.05) is 6.92 Å². The van der Waals surface area contributed by atoms with E-state index in [2.05, 4.69) is 36.0 Å². The number of nitrogens with zero attached hydrogens (tertiary/aromatic N) is 2. The molecule has 0 aromatic carbocycles. The van der Waals surface area contributed by atoms with E-state index in [1.54, 1.807) is 11.8 Å². The molecule has 4 unspecified atom stereocenters. The van der Waals surface area contributed by atoms with Crippen molar-refractivity contribution < 1.29 is 23.4 Å². The summed E-state index contributed by atoms with van der Waals surface area (Å²) in [5.41, 5.74) is 1.19. The second-order valence-corrected chi connectivity index (χ2v) is 10.7. The first kappa shape index (κ1) is 28.5. The minimum Gasteiger partial charge on any atom is -0.443 e. The van der Waals surface area contributed by atoms with Crippen LogP contribution in [0.15, 0.2) is 22.9 Å². The van der Waals surface area contributed by atoms with Crippen LogP contribution in [0, 0.1) is 23.1 Å². The third-order valence-electron chi connectivity index (χ3n) is 6.44. The molecule has 34 heavy (non-hydrogen) atoms. The van der Waals surface area contributed by atoms with E-state index in [-0.39, 0.29) is 16.7 Å². The van der Waals surface area contributed by atoms with Crippen molar-refractivity contribution in [2.75, 3.05) is 26.7 Å². The first-order valence-corrected chi connectivity index (χ1v) is 12.8. The Morgan fingerprint density at radius 3 is 2.71 bits per heavy atom. The number of carbonyl (C=O) groups excluding carboxylic acids is 1. The van der Waals surface area contributed by atoms with Gasteiger partial charge in [0.25, 0.3) is 0 Å². The number of ether oxygens (including phenoxy) is 1. The number of aliphatic hydroxyl groups excluding tert-OH is 1. The molecule has 3 heterocycles. The van der Waals surface area contributed by atoms with Gasteiger partial charge in [0.05, 0.1) is 11.8 Å². The highest BCUT2D eigenvalue weighted by atomic mass is 32.2. The number of carbonyl (C=O) groups is 1. The van der Waals surface area contributed by atoms with Crippen molar-refractivity contribution in [2.45, 2.75) is 65.6 Å². The van der Waals surface area contributed by atoms with Crippen LogP contribution in [-0.4, -0.2) is 54.4 Å². The van der Waals surface area contributed by atoms with Gasteiger partial charge in [-0.1, -0.05) is 39.0 Å². The average Bonchev–Trinajstić information content (AvgIpc) is 3.16. The van der Waals surface area contributed by atoms with Gasteiger partial charge in [0.15, 0.2) is 0 Å². The number of alkyl halides is 1. The maximum atomic E-state index is 13.9. The number of rotatable bonds is 9. The predicted octanol–water partition coefficient (Wildman–Crippen LogP) is 5.05. The van der Waals surface area contributed by atoms with Crippen LogP contribution in [0.25, 0.3) is 0 Å². The zero-order chi connectivity index (χ0) is 25.5. The highest BCUT2D eigenvalue weighted by Crippen LogP contribution is 2.45. The number of pyridine rings is 1. The molecule has 0 aliphatic carbocycles. The summed E-state index contributed by atoms with van der Waals surface area (Å²) in [6.45, 7) is 12.3. The molecule has 0 amide bonds. The Bertz CT molecular complexity index is 853. The molecule has 2 aliphatic heterocycles. The smallest absolute Gasteiger partial charge is 0.237 e. The Balaban J connectivity index is 0.00000199. The summed E-state index contributed by atoms with van der Waals surface area (Å²) >= 11 is 1.58. The summed E-state index contributed by atoms with van der Waals surface area (Å²) in [7, 11) is 1.00. The summed E-state index contributed by atoms with van der Waals surface area (Å²) < 4.78 is 32.6. The van der Waals surface area contributed by atoms with Crippen molar-refractivity contribution in [1.82, 2.24) is 15.2 Å². The Morgan fingerprint density at radius 1 is 1.41 bits per heavy atom. The zero-order valence-corrected chi connectivity index (χ0v) is 21.9. The fraction of sp³-hybridized carbons (Fsp3) is 0.680. The van der Waals surface area contributed by atoms with Crippen molar-refractivity contribution in [2.24, 2.45) is 17.3 Å². The summed E-state index contributed by atoms with van der Waals surface area (Å²) in [5.74, 6) is 0.585. The third kappa shape index (κ3) is 7.15. The maximum absolute atomic E-state index is 13.9. The van der Waals surface area contributed by atoms with Gasteiger partial charge in [-0.25, -0.2) is 13.8 Å². The van der Waals surface area contributed by atoms with Gasteiger partial charge in [-0.05, 0) is 37.7 Å². The summed E-state index contributed by atoms with van der Waals surface area (Å²) in [4.78, 5) is 19.6. The molecule has 0 spiro atoms. The van der Waals surface area contributed by atoms with Gasteiger partial charge in [-0.3, -0.25) is 4.90 Å². The van der Waals surface area contributed by atoms with Crippen LogP contribution in [0.3, 0.4) is 0 Å². The Labute approximate surface area is 206 Å². The highest BCUT2D eigenvalue weighted by Gasteiger charge is 2.41. The van der Waals surface area contributed by atoms with E-state index in [9.17, 15) is 13.6 Å². The molecule has 1 saturated heterocycles. The molecule has 3 rings (SSSR count). The maximum Gasteiger partial charge on any atom is 0.237 e. The molecule has 1 aromatic rings. The van der Waals surface area contributed by atoms with Gasteiger partial charge in [-0.15, -0.1) is 0 Å². The van der Waals surface area contributed by atoms with Crippen LogP contribution in [0.2, 0.25) is 0 Å². The van der Waals surface area contributed by atoms with E-state index >= 15 is 0 Å². The Kier molecular flexibility index (Phi) is 10.8. The quantitative estimate of drug-likeness (QED) is 0.461. The van der Waals surface area contributed by atoms with Gasteiger partial charge in [-0.2, -0.15) is 0 Å². The Morgan fingerprint density at radius 2 is 2.12 bits per heavy atom. The highest BCUT2D eigenvalue weighted by molar-refractivity contribution is 8.03. The number of hydrogen-bond donors (Lipinski definition) is 2. The van der Waals surface area contributed by atoms with Crippen LogP contribution in [-0.2, 0) is 4.79 Å². The monoisotopic (exact) mass is 499 g/mol. The van der Waals surface area contributed by atoms with Crippen LogP contribution in [0.5, 0.6) is 5.88 Å². The van der Waals surface area contributed by atoms with Gasteiger partial charge >= 0.3 is 0 Å². The number of halogens is 2. The van der Waals surface area contributed by atoms with Crippen molar-refractivity contribution >= 4 is 18.0 Å². The molecule has 2 N–H and O–H groups in total. The number of aliphatic hydroxyl groups is 1. The lowest BCUT2D eigenvalue weighted by Crippen LogP contribution is -2.49. The first-order valence-electron chi connectivity index (χ1n) is 11.9. The number of aldehydes is 1. The van der Waals surface area contributed by atoms with E-state index in [4.69, 9.17) is 9.84 Å². The number of aromatic nitrogens is 1. The van der Waals surface area contributed by atoms with E-state index in [0.29, 0.717) is 17.4 Å². The molecular formula is C25H39F2N3O3S. The van der Waals surface area contributed by atoms with E-state index in [1.165, 1.54) is 19.3 Å². The summed E-state index contributed by atoms with van der Waals surface area (Å²) in [6, 6.07) is 1.35. The van der Waals surface area contributed by atoms with Crippen molar-refractivity contribution in [3.8, 4) is 5.88 Å². The van der Waals surface area contributed by atoms with Gasteiger partial charge in [0.2, 0.25) is 12.2 Å². The number of piperidine rings is 1. The van der Waals surface area contributed by atoms with Crippen LogP contribution in [0.4, 0.5) is 8.78 Å². The molecule has 9 heteroatoms. The van der Waals surface area contributed by atoms with Crippen LogP contribution < -0.4 is 10.1 Å². The number of hydrogen-bond acceptors (Lipinski definition) is 7. The van der Waals surface area contributed by atoms with Crippen LogP contribution >= 0.6 is 11.8 Å². The fourth-order valence-corrected chi connectivity index (χ4v) is 6.11. The molecule has 1 aromatic heterocycles. The predicted molar refractivity (Wildman–Crippen MR) is 132 cm³/mol. The average molecular weight is 500 g/mol. The fourth-order valence-electron chi connectivity index (χ4n) is 4.80. The number of allylic oxidation sites excluding steroid dienone is 1. The topological polar surface area (TPSA) is 74.7 Å². The molecule has 0 saturated carbocycles. The molecular weight excluding hydrogens is 460 g/mol. The normalized spacial score (nSPS) is 26.1. The van der Waals surface area contributed by atoms with Crippen molar-refractivity contribution in [3.63, 3.8) is 0 Å². The molecule has 6 nitrogen and oxygen atoms in total. The SMILES string of the molecule is CCCC1(C=O)CC(C(C)C)CN(CC2=C(C)NC(c3cc(F)cnc3OC(C)F)S2)C1.CO. The first-order chi connectivity index (χ1) is 16.2. The lowest BCUT2D eigenvalue weighted by molar-refractivity contribution is -0.121. The van der Waals surface area contributed by atoms with E-state index < -0.39 is 12.2 Å². The number of likely N-dealkylation sites (tertiary alicyclic amines) is 1. The number of thioether (sulfide) groups is 1. The Hall–Kier alpha value is -1.71. The molecule has 192 valence electrons. The van der Waals surface area contributed by atoms with Gasteiger partial charge in [0, 0.05) is 49.7 Å². The van der Waals surface area contributed by atoms with E-state index in [0.717, 1.165) is 62.8 Å². The molecule has 0 radical (unpaired) electrons. The molecule has 0 bridgehead atoms. The molecule has 4 atom stereocenters.